The van der Waals surface area contributed by atoms with Gasteiger partial charge in [-0.05, 0) is 38.6 Å². The van der Waals surface area contributed by atoms with Crippen molar-refractivity contribution >= 4 is 22.0 Å². The monoisotopic (exact) mass is 342 g/mol. The topological polar surface area (TPSA) is 49.6 Å². The number of likely N-dealkylation sites (N-methyl/N-ethyl adjacent to an activating group) is 1. The molecule has 1 fully saturated rings. The standard InChI is InChI=1S/C17H22N6S/c1-21(2)14-8-4-6-12(10-14)16-20-23-15(18-19-17(23)24-16)13-7-5-9-22(3)11-13/h4,6,8,10,13H,5,7,9,11H2,1-3H3. The maximum Gasteiger partial charge on any atom is 0.234 e. The molecule has 4 rings (SSSR count). The van der Waals surface area contributed by atoms with Crippen molar-refractivity contribution in [1.82, 2.24) is 24.7 Å². The molecule has 3 heterocycles. The number of hydrogen-bond acceptors (Lipinski definition) is 6. The minimum atomic E-state index is 0.418. The van der Waals surface area contributed by atoms with Crippen LogP contribution in [0.2, 0.25) is 0 Å². The molecular formula is C17H22N6S. The normalized spacial score (nSPS) is 19.0. The van der Waals surface area contributed by atoms with E-state index in [0.717, 1.165) is 40.9 Å². The van der Waals surface area contributed by atoms with Crippen LogP contribution in [0.25, 0.3) is 15.5 Å². The fourth-order valence-electron chi connectivity index (χ4n) is 3.30. The maximum absolute atomic E-state index is 4.82. The minimum absolute atomic E-state index is 0.418. The average Bonchev–Trinajstić information content (AvgIpc) is 3.15. The second-order valence-corrected chi connectivity index (χ2v) is 7.66. The van der Waals surface area contributed by atoms with Gasteiger partial charge in [-0.2, -0.15) is 9.61 Å². The van der Waals surface area contributed by atoms with Crippen LogP contribution in [0.4, 0.5) is 5.69 Å². The second kappa shape index (κ2) is 6.14. The molecule has 1 aromatic carbocycles. The van der Waals surface area contributed by atoms with Crippen molar-refractivity contribution in [1.29, 1.82) is 0 Å². The highest BCUT2D eigenvalue weighted by Crippen LogP contribution is 2.31. The summed E-state index contributed by atoms with van der Waals surface area (Å²) in [6.07, 6.45) is 2.37. The van der Waals surface area contributed by atoms with E-state index in [1.165, 1.54) is 12.1 Å². The Morgan fingerprint density at radius 3 is 2.92 bits per heavy atom. The molecule has 3 aromatic rings. The molecule has 1 atom stereocenters. The van der Waals surface area contributed by atoms with Gasteiger partial charge in [-0.15, -0.1) is 10.2 Å². The first-order valence-electron chi connectivity index (χ1n) is 8.30. The Bertz CT molecular complexity index is 852. The fraction of sp³-hybridized carbons (Fsp3) is 0.471. The number of hydrogen-bond donors (Lipinski definition) is 0. The Hall–Kier alpha value is -1.99. The number of rotatable bonds is 3. The molecular weight excluding hydrogens is 320 g/mol. The van der Waals surface area contributed by atoms with Crippen LogP contribution in [0, 0.1) is 0 Å². The number of fused-ring (bicyclic) bond motifs is 1. The molecule has 24 heavy (non-hydrogen) atoms. The van der Waals surface area contributed by atoms with E-state index >= 15 is 0 Å². The van der Waals surface area contributed by atoms with E-state index in [9.17, 15) is 0 Å². The SMILES string of the molecule is CN1CCCC(c2nnc3sc(-c4cccc(N(C)C)c4)nn23)C1. The average molecular weight is 342 g/mol. The molecule has 7 heteroatoms. The van der Waals surface area contributed by atoms with Crippen molar-refractivity contribution in [3.05, 3.63) is 30.1 Å². The van der Waals surface area contributed by atoms with E-state index in [1.54, 1.807) is 11.3 Å². The second-order valence-electron chi connectivity index (χ2n) is 6.71. The lowest BCUT2D eigenvalue weighted by molar-refractivity contribution is 0.244. The zero-order valence-corrected chi connectivity index (χ0v) is 15.1. The summed E-state index contributed by atoms with van der Waals surface area (Å²) in [4.78, 5) is 5.35. The Balaban J connectivity index is 1.70. The van der Waals surface area contributed by atoms with Gasteiger partial charge in [0.1, 0.15) is 5.01 Å². The van der Waals surface area contributed by atoms with Gasteiger partial charge in [0.15, 0.2) is 5.82 Å². The predicted molar refractivity (Wildman–Crippen MR) is 97.9 cm³/mol. The molecule has 0 N–H and O–H groups in total. The quantitative estimate of drug-likeness (QED) is 0.732. The lowest BCUT2D eigenvalue weighted by atomic mass is 9.98. The first-order chi connectivity index (χ1) is 11.6. The van der Waals surface area contributed by atoms with Crippen molar-refractivity contribution in [2.45, 2.75) is 18.8 Å². The van der Waals surface area contributed by atoms with Gasteiger partial charge in [0.25, 0.3) is 0 Å². The van der Waals surface area contributed by atoms with Gasteiger partial charge in [0.05, 0.1) is 0 Å². The Kier molecular flexibility index (Phi) is 3.97. The summed E-state index contributed by atoms with van der Waals surface area (Å²) < 4.78 is 1.95. The van der Waals surface area contributed by atoms with Gasteiger partial charge in [0.2, 0.25) is 4.96 Å². The van der Waals surface area contributed by atoms with Gasteiger partial charge >= 0.3 is 0 Å². The van der Waals surface area contributed by atoms with E-state index in [2.05, 4.69) is 65.4 Å². The van der Waals surface area contributed by atoms with Crippen molar-refractivity contribution in [3.8, 4) is 10.6 Å². The van der Waals surface area contributed by atoms with Crippen LogP contribution in [0.1, 0.15) is 24.6 Å². The van der Waals surface area contributed by atoms with Crippen LogP contribution in [-0.2, 0) is 0 Å². The largest absolute Gasteiger partial charge is 0.378 e. The number of piperidine rings is 1. The van der Waals surface area contributed by atoms with Gasteiger partial charge < -0.3 is 9.80 Å². The van der Waals surface area contributed by atoms with E-state index in [4.69, 9.17) is 5.10 Å². The lowest BCUT2D eigenvalue weighted by Crippen LogP contribution is -2.31. The number of nitrogens with zero attached hydrogens (tertiary/aromatic N) is 6. The molecule has 1 aliphatic rings. The molecule has 6 nitrogen and oxygen atoms in total. The van der Waals surface area contributed by atoms with Gasteiger partial charge in [-0.3, -0.25) is 0 Å². The first-order valence-corrected chi connectivity index (χ1v) is 9.12. The van der Waals surface area contributed by atoms with Crippen molar-refractivity contribution in [2.24, 2.45) is 0 Å². The summed E-state index contributed by atoms with van der Waals surface area (Å²) in [6.45, 7) is 2.20. The Morgan fingerprint density at radius 1 is 1.25 bits per heavy atom. The van der Waals surface area contributed by atoms with E-state index in [0.29, 0.717) is 5.92 Å². The molecule has 0 amide bonds. The van der Waals surface area contributed by atoms with Gasteiger partial charge in [-0.1, -0.05) is 23.5 Å². The third-order valence-electron chi connectivity index (χ3n) is 4.61. The summed E-state index contributed by atoms with van der Waals surface area (Å²) >= 11 is 1.60. The molecule has 1 aliphatic heterocycles. The van der Waals surface area contributed by atoms with Gasteiger partial charge in [0, 0.05) is 37.8 Å². The fourth-order valence-corrected chi connectivity index (χ4v) is 4.14. The Labute approximate surface area is 145 Å². The molecule has 0 spiro atoms. The minimum Gasteiger partial charge on any atom is -0.378 e. The molecule has 126 valence electrons. The highest BCUT2D eigenvalue weighted by molar-refractivity contribution is 7.19. The van der Waals surface area contributed by atoms with Crippen LogP contribution < -0.4 is 4.90 Å². The molecule has 0 radical (unpaired) electrons. The summed E-state index contributed by atoms with van der Waals surface area (Å²) in [5.74, 6) is 1.42. The van der Waals surface area contributed by atoms with Gasteiger partial charge in [-0.25, -0.2) is 0 Å². The van der Waals surface area contributed by atoms with E-state index in [1.807, 2.05) is 4.52 Å². The van der Waals surface area contributed by atoms with E-state index in [-0.39, 0.29) is 0 Å². The molecule has 1 saturated heterocycles. The number of anilines is 1. The highest BCUT2D eigenvalue weighted by Gasteiger charge is 2.25. The summed E-state index contributed by atoms with van der Waals surface area (Å²) in [5, 5.41) is 14.6. The summed E-state index contributed by atoms with van der Waals surface area (Å²) in [7, 11) is 6.27. The zero-order valence-electron chi connectivity index (χ0n) is 14.3. The van der Waals surface area contributed by atoms with E-state index < -0.39 is 0 Å². The molecule has 1 unspecified atom stereocenters. The highest BCUT2D eigenvalue weighted by atomic mass is 32.1. The van der Waals surface area contributed by atoms with Crippen LogP contribution in [0.3, 0.4) is 0 Å². The van der Waals surface area contributed by atoms with Crippen molar-refractivity contribution in [3.63, 3.8) is 0 Å². The van der Waals surface area contributed by atoms with Crippen LogP contribution in [0.5, 0.6) is 0 Å². The summed E-state index contributed by atoms with van der Waals surface area (Å²) in [5.41, 5.74) is 2.30. The maximum atomic E-state index is 4.82. The van der Waals surface area contributed by atoms with Crippen LogP contribution in [0.15, 0.2) is 24.3 Å². The van der Waals surface area contributed by atoms with Crippen LogP contribution in [-0.4, -0.2) is 58.9 Å². The molecule has 0 bridgehead atoms. The van der Waals surface area contributed by atoms with Crippen molar-refractivity contribution in [2.75, 3.05) is 39.1 Å². The van der Waals surface area contributed by atoms with Crippen LogP contribution >= 0.6 is 11.3 Å². The number of aromatic nitrogens is 4. The third-order valence-corrected chi connectivity index (χ3v) is 5.56. The first kappa shape index (κ1) is 15.5. The lowest BCUT2D eigenvalue weighted by Gasteiger charge is -2.28. The molecule has 0 saturated carbocycles. The smallest absolute Gasteiger partial charge is 0.234 e. The summed E-state index contributed by atoms with van der Waals surface area (Å²) in [6, 6.07) is 8.45. The Morgan fingerprint density at radius 2 is 2.12 bits per heavy atom. The number of benzene rings is 1. The molecule has 2 aromatic heterocycles. The number of likely N-dealkylation sites (tertiary alicyclic amines) is 1. The van der Waals surface area contributed by atoms with Crippen molar-refractivity contribution < 1.29 is 0 Å². The predicted octanol–water partition coefficient (Wildman–Crippen LogP) is 2.73. The molecule has 0 aliphatic carbocycles. The zero-order chi connectivity index (χ0) is 16.7. The third kappa shape index (κ3) is 2.78.